The number of nitrogen functional groups attached to an aromatic ring is 1. The van der Waals surface area contributed by atoms with Gasteiger partial charge in [-0.05, 0) is 42.8 Å². The van der Waals surface area contributed by atoms with E-state index in [2.05, 4.69) is 4.98 Å². The number of hydrogen-bond donors (Lipinski definition) is 1. The first kappa shape index (κ1) is 11.1. The van der Waals surface area contributed by atoms with E-state index in [-0.39, 0.29) is 0 Å². The molecule has 0 fully saturated rings. The fourth-order valence-electron chi connectivity index (χ4n) is 1.87. The van der Waals surface area contributed by atoms with Gasteiger partial charge in [-0.2, -0.15) is 0 Å². The van der Waals surface area contributed by atoms with E-state index in [1.165, 1.54) is 0 Å². The van der Waals surface area contributed by atoms with Crippen molar-refractivity contribution < 1.29 is 4.42 Å². The molecule has 0 amide bonds. The van der Waals surface area contributed by atoms with Crippen molar-refractivity contribution in [1.82, 2.24) is 4.98 Å². The van der Waals surface area contributed by atoms with Crippen LogP contribution in [0.3, 0.4) is 0 Å². The van der Waals surface area contributed by atoms with Gasteiger partial charge in [-0.3, -0.25) is 0 Å². The monoisotopic (exact) mass is 258 g/mol. The molecule has 0 aliphatic carbocycles. The van der Waals surface area contributed by atoms with Crippen LogP contribution in [0.25, 0.3) is 22.6 Å². The van der Waals surface area contributed by atoms with Crippen LogP contribution < -0.4 is 5.73 Å². The molecule has 1 heterocycles. The summed E-state index contributed by atoms with van der Waals surface area (Å²) >= 11 is 5.97. The van der Waals surface area contributed by atoms with Gasteiger partial charge >= 0.3 is 0 Å². The van der Waals surface area contributed by atoms with Crippen molar-refractivity contribution in [2.24, 2.45) is 0 Å². The first-order valence-corrected chi connectivity index (χ1v) is 5.94. The standard InChI is InChI=1S/C14H11ClN2O/c1-8-2-5-13-12(6-8)17-14(18-13)10-7-9(15)3-4-11(10)16/h2-7H,16H2,1H3. The van der Waals surface area contributed by atoms with E-state index in [4.69, 9.17) is 21.8 Å². The molecule has 2 aromatic carbocycles. The Labute approximate surface area is 109 Å². The Morgan fingerprint density at radius 2 is 2.00 bits per heavy atom. The summed E-state index contributed by atoms with van der Waals surface area (Å²) in [6.07, 6.45) is 0. The van der Waals surface area contributed by atoms with Crippen LogP contribution >= 0.6 is 11.6 Å². The second-order valence-electron chi connectivity index (χ2n) is 4.22. The predicted molar refractivity (Wildman–Crippen MR) is 73.6 cm³/mol. The van der Waals surface area contributed by atoms with E-state index >= 15 is 0 Å². The van der Waals surface area contributed by atoms with Crippen LogP contribution in [-0.4, -0.2) is 4.98 Å². The topological polar surface area (TPSA) is 52.0 Å². The van der Waals surface area contributed by atoms with E-state index in [1.54, 1.807) is 18.2 Å². The maximum atomic E-state index is 5.97. The minimum Gasteiger partial charge on any atom is -0.436 e. The molecule has 0 atom stereocenters. The van der Waals surface area contributed by atoms with Crippen molar-refractivity contribution in [3.05, 3.63) is 47.0 Å². The van der Waals surface area contributed by atoms with Crippen molar-refractivity contribution in [3.63, 3.8) is 0 Å². The number of fused-ring (bicyclic) bond motifs is 1. The van der Waals surface area contributed by atoms with Crippen molar-refractivity contribution in [1.29, 1.82) is 0 Å². The molecular formula is C14H11ClN2O. The van der Waals surface area contributed by atoms with Gasteiger partial charge in [-0.25, -0.2) is 4.98 Å². The second-order valence-corrected chi connectivity index (χ2v) is 4.66. The predicted octanol–water partition coefficient (Wildman–Crippen LogP) is 4.04. The molecule has 1 aromatic heterocycles. The number of aryl methyl sites for hydroxylation is 1. The molecule has 3 rings (SSSR count). The first-order valence-electron chi connectivity index (χ1n) is 5.56. The molecule has 4 heteroatoms. The van der Waals surface area contributed by atoms with E-state index < -0.39 is 0 Å². The number of rotatable bonds is 1. The zero-order valence-electron chi connectivity index (χ0n) is 9.77. The van der Waals surface area contributed by atoms with E-state index in [0.717, 1.165) is 22.2 Å². The smallest absolute Gasteiger partial charge is 0.229 e. The molecule has 0 aliphatic rings. The van der Waals surface area contributed by atoms with Gasteiger partial charge in [0.2, 0.25) is 5.89 Å². The molecule has 0 unspecified atom stereocenters. The number of aromatic nitrogens is 1. The lowest BCUT2D eigenvalue weighted by atomic mass is 10.2. The molecule has 0 saturated heterocycles. The number of anilines is 1. The number of oxazole rings is 1. The lowest BCUT2D eigenvalue weighted by Gasteiger charge is -2.00. The van der Waals surface area contributed by atoms with Gasteiger partial charge in [0, 0.05) is 10.7 Å². The third kappa shape index (κ3) is 1.83. The van der Waals surface area contributed by atoms with Crippen LogP contribution in [0.15, 0.2) is 40.8 Å². The van der Waals surface area contributed by atoms with Crippen LogP contribution in [0.1, 0.15) is 5.56 Å². The SMILES string of the molecule is Cc1ccc2oc(-c3cc(Cl)ccc3N)nc2c1. The maximum absolute atomic E-state index is 5.97. The zero-order valence-corrected chi connectivity index (χ0v) is 10.5. The second kappa shape index (κ2) is 4.03. The molecule has 90 valence electrons. The lowest BCUT2D eigenvalue weighted by molar-refractivity contribution is 0.620. The molecule has 0 radical (unpaired) electrons. The quantitative estimate of drug-likeness (QED) is 0.670. The van der Waals surface area contributed by atoms with Crippen LogP contribution in [0.4, 0.5) is 5.69 Å². The minimum absolute atomic E-state index is 0.496. The molecule has 0 bridgehead atoms. The van der Waals surface area contributed by atoms with Crippen LogP contribution in [-0.2, 0) is 0 Å². The number of hydrogen-bond acceptors (Lipinski definition) is 3. The summed E-state index contributed by atoms with van der Waals surface area (Å²) in [5.41, 5.74) is 9.94. The number of nitrogens with zero attached hydrogens (tertiary/aromatic N) is 1. The molecule has 18 heavy (non-hydrogen) atoms. The van der Waals surface area contributed by atoms with E-state index in [9.17, 15) is 0 Å². The van der Waals surface area contributed by atoms with Gasteiger partial charge < -0.3 is 10.2 Å². The lowest BCUT2D eigenvalue weighted by Crippen LogP contribution is -1.89. The Morgan fingerprint density at radius 1 is 1.17 bits per heavy atom. The Hall–Kier alpha value is -2.00. The third-order valence-corrected chi connectivity index (χ3v) is 3.02. The Bertz CT molecular complexity index is 734. The van der Waals surface area contributed by atoms with Gasteiger partial charge in [0.05, 0.1) is 5.56 Å². The third-order valence-electron chi connectivity index (χ3n) is 2.79. The number of benzene rings is 2. The van der Waals surface area contributed by atoms with Gasteiger partial charge in [-0.1, -0.05) is 17.7 Å². The van der Waals surface area contributed by atoms with Crippen molar-refractivity contribution in [2.75, 3.05) is 5.73 Å². The molecule has 0 aliphatic heterocycles. The van der Waals surface area contributed by atoms with Gasteiger partial charge in [0.25, 0.3) is 0 Å². The maximum Gasteiger partial charge on any atom is 0.229 e. The average molecular weight is 259 g/mol. The summed E-state index contributed by atoms with van der Waals surface area (Å²) in [4.78, 5) is 4.44. The normalized spacial score (nSPS) is 11.0. The molecule has 0 spiro atoms. The number of nitrogens with two attached hydrogens (primary N) is 1. The largest absolute Gasteiger partial charge is 0.436 e. The Morgan fingerprint density at radius 3 is 2.83 bits per heavy atom. The van der Waals surface area contributed by atoms with Crippen LogP contribution in [0.5, 0.6) is 0 Å². The summed E-state index contributed by atoms with van der Waals surface area (Å²) in [6, 6.07) is 11.1. The first-order chi connectivity index (χ1) is 8.63. The minimum atomic E-state index is 0.496. The summed E-state index contributed by atoms with van der Waals surface area (Å²) in [5.74, 6) is 0.496. The summed E-state index contributed by atoms with van der Waals surface area (Å²) in [6.45, 7) is 2.02. The molecule has 0 saturated carbocycles. The summed E-state index contributed by atoms with van der Waals surface area (Å²) in [7, 11) is 0. The summed E-state index contributed by atoms with van der Waals surface area (Å²) in [5, 5.41) is 0.609. The average Bonchev–Trinajstić information content (AvgIpc) is 2.74. The Kier molecular flexibility index (Phi) is 2.49. The molecule has 2 N–H and O–H groups in total. The van der Waals surface area contributed by atoms with E-state index in [0.29, 0.717) is 16.6 Å². The van der Waals surface area contributed by atoms with Gasteiger partial charge in [0.1, 0.15) is 5.52 Å². The fourth-order valence-corrected chi connectivity index (χ4v) is 2.04. The molecule has 3 aromatic rings. The highest BCUT2D eigenvalue weighted by Crippen LogP contribution is 2.30. The van der Waals surface area contributed by atoms with Gasteiger partial charge in [0.15, 0.2) is 5.58 Å². The highest BCUT2D eigenvalue weighted by Gasteiger charge is 2.11. The zero-order chi connectivity index (χ0) is 12.7. The summed E-state index contributed by atoms with van der Waals surface area (Å²) < 4.78 is 5.70. The van der Waals surface area contributed by atoms with Crippen molar-refractivity contribution in [2.45, 2.75) is 6.92 Å². The Balaban J connectivity index is 2.22. The van der Waals surface area contributed by atoms with Crippen molar-refractivity contribution >= 4 is 28.4 Å². The highest BCUT2D eigenvalue weighted by atomic mass is 35.5. The van der Waals surface area contributed by atoms with Crippen LogP contribution in [0.2, 0.25) is 5.02 Å². The fraction of sp³-hybridized carbons (Fsp3) is 0.0714. The van der Waals surface area contributed by atoms with E-state index in [1.807, 2.05) is 25.1 Å². The highest BCUT2D eigenvalue weighted by molar-refractivity contribution is 6.31. The number of halogens is 1. The molecular weight excluding hydrogens is 248 g/mol. The van der Waals surface area contributed by atoms with Gasteiger partial charge in [-0.15, -0.1) is 0 Å². The molecule has 3 nitrogen and oxygen atoms in total. The van der Waals surface area contributed by atoms with Crippen LogP contribution in [0, 0.1) is 6.92 Å². The van der Waals surface area contributed by atoms with Crippen molar-refractivity contribution in [3.8, 4) is 11.5 Å².